The zero-order chi connectivity index (χ0) is 26.4. The van der Waals surface area contributed by atoms with Crippen molar-refractivity contribution in [2.75, 3.05) is 45.3 Å². The third-order valence-electron chi connectivity index (χ3n) is 6.45. The van der Waals surface area contributed by atoms with Crippen molar-refractivity contribution in [2.45, 2.75) is 13.0 Å². The minimum absolute atomic E-state index is 0.00941. The van der Waals surface area contributed by atoms with Gasteiger partial charge in [-0.1, -0.05) is 29.3 Å². The van der Waals surface area contributed by atoms with Crippen molar-refractivity contribution in [3.63, 3.8) is 0 Å². The molecule has 0 atom stereocenters. The molecular weight excluding hydrogens is 513 g/mol. The molecule has 3 aromatic rings. The van der Waals surface area contributed by atoms with Crippen molar-refractivity contribution in [3.8, 4) is 11.5 Å². The van der Waals surface area contributed by atoms with Gasteiger partial charge in [-0.25, -0.2) is 0 Å². The van der Waals surface area contributed by atoms with Gasteiger partial charge in [0.15, 0.2) is 0 Å². The topological polar surface area (TPSA) is 71.1 Å². The zero-order valence-electron chi connectivity index (χ0n) is 20.8. The Morgan fingerprint density at radius 2 is 1.57 bits per heavy atom. The van der Waals surface area contributed by atoms with Crippen LogP contribution < -0.4 is 19.7 Å². The number of anilines is 1. The van der Waals surface area contributed by atoms with Gasteiger partial charge < -0.3 is 24.6 Å². The largest absolute Gasteiger partial charge is 0.497 e. The van der Waals surface area contributed by atoms with Crippen LogP contribution in [0, 0.1) is 0 Å². The number of hydrogen-bond donors (Lipinski definition) is 1. The number of nitrogens with zero attached hydrogens (tertiary/aromatic N) is 2. The van der Waals surface area contributed by atoms with Gasteiger partial charge in [-0.3, -0.25) is 9.59 Å². The third kappa shape index (κ3) is 6.48. The zero-order valence-corrected chi connectivity index (χ0v) is 22.3. The smallest absolute Gasteiger partial charge is 0.251 e. The summed E-state index contributed by atoms with van der Waals surface area (Å²) in [5, 5.41) is 3.95. The van der Waals surface area contributed by atoms with E-state index in [0.29, 0.717) is 65.4 Å². The number of carbonyl (C=O) groups is 2. The fraction of sp³-hybridized carbons (Fsp3) is 0.286. The third-order valence-corrected chi connectivity index (χ3v) is 7.16. The van der Waals surface area contributed by atoms with E-state index < -0.39 is 0 Å². The molecule has 194 valence electrons. The van der Waals surface area contributed by atoms with E-state index in [1.54, 1.807) is 38.5 Å². The summed E-state index contributed by atoms with van der Waals surface area (Å²) in [6.45, 7) is 2.94. The molecule has 0 spiro atoms. The number of carbonyl (C=O) groups excluding carboxylic acids is 2. The highest BCUT2D eigenvalue weighted by Gasteiger charge is 2.23. The number of benzene rings is 3. The highest BCUT2D eigenvalue weighted by Crippen LogP contribution is 2.26. The second-order valence-electron chi connectivity index (χ2n) is 8.65. The van der Waals surface area contributed by atoms with E-state index in [1.807, 2.05) is 41.3 Å². The van der Waals surface area contributed by atoms with Crippen LogP contribution in [0.25, 0.3) is 0 Å². The van der Waals surface area contributed by atoms with Gasteiger partial charge in [-0.15, -0.1) is 0 Å². The Labute approximate surface area is 226 Å². The first-order valence-electron chi connectivity index (χ1n) is 11.9. The Hall–Kier alpha value is -3.42. The standard InChI is InChI=1S/C28H29Cl2N3O4/c1-36-22-11-8-20(26(16-22)37-2)18-31-28(35)19-6-9-21(10-7-19)32-12-14-33(15-13-32)27(34)17-23-24(29)4-3-5-25(23)30/h3-11,16H,12-15,17-18H2,1-2H3,(H,31,35). The molecule has 3 aromatic carbocycles. The van der Waals surface area contributed by atoms with Crippen LogP contribution in [0.1, 0.15) is 21.5 Å². The predicted octanol–water partition coefficient (Wildman–Crippen LogP) is 4.83. The number of rotatable bonds is 8. The van der Waals surface area contributed by atoms with E-state index in [1.165, 1.54) is 0 Å². The van der Waals surface area contributed by atoms with Crippen molar-refractivity contribution < 1.29 is 19.1 Å². The van der Waals surface area contributed by atoms with Crippen molar-refractivity contribution >= 4 is 40.7 Å². The minimum Gasteiger partial charge on any atom is -0.497 e. The molecule has 4 rings (SSSR count). The first kappa shape index (κ1) is 26.6. The Bertz CT molecular complexity index is 1240. The fourth-order valence-electron chi connectivity index (χ4n) is 4.28. The molecule has 0 aromatic heterocycles. The van der Waals surface area contributed by atoms with Crippen LogP contribution in [0.3, 0.4) is 0 Å². The lowest BCUT2D eigenvalue weighted by molar-refractivity contribution is -0.130. The highest BCUT2D eigenvalue weighted by atomic mass is 35.5. The summed E-state index contributed by atoms with van der Waals surface area (Å²) in [5.74, 6) is 1.19. The van der Waals surface area contributed by atoms with Gasteiger partial charge in [-0.2, -0.15) is 0 Å². The molecule has 1 aliphatic rings. The Balaban J connectivity index is 1.29. The second kappa shape index (κ2) is 12.2. The molecule has 0 bridgehead atoms. The molecule has 0 unspecified atom stereocenters. The van der Waals surface area contributed by atoms with Crippen LogP contribution in [-0.2, 0) is 17.8 Å². The monoisotopic (exact) mass is 541 g/mol. The minimum atomic E-state index is -0.168. The van der Waals surface area contributed by atoms with E-state index in [4.69, 9.17) is 32.7 Å². The van der Waals surface area contributed by atoms with Gasteiger partial charge in [0, 0.05) is 65.6 Å². The summed E-state index contributed by atoms with van der Waals surface area (Å²) in [6.07, 6.45) is 0.185. The average molecular weight is 542 g/mol. The molecule has 37 heavy (non-hydrogen) atoms. The van der Waals surface area contributed by atoms with Crippen molar-refractivity contribution in [3.05, 3.63) is 87.4 Å². The summed E-state index contributed by atoms with van der Waals surface area (Å²) >= 11 is 12.4. The lowest BCUT2D eigenvalue weighted by atomic mass is 10.1. The van der Waals surface area contributed by atoms with Gasteiger partial charge >= 0.3 is 0 Å². The van der Waals surface area contributed by atoms with Gasteiger partial charge in [-0.05, 0) is 54.1 Å². The Morgan fingerprint density at radius 3 is 2.19 bits per heavy atom. The summed E-state index contributed by atoms with van der Waals surface area (Å²) in [7, 11) is 3.18. The molecule has 7 nitrogen and oxygen atoms in total. The van der Waals surface area contributed by atoms with Gasteiger partial charge in [0.05, 0.1) is 20.6 Å². The van der Waals surface area contributed by atoms with E-state index in [2.05, 4.69) is 10.2 Å². The van der Waals surface area contributed by atoms with Crippen molar-refractivity contribution in [1.82, 2.24) is 10.2 Å². The Morgan fingerprint density at radius 1 is 0.892 bits per heavy atom. The molecule has 1 fully saturated rings. The first-order valence-corrected chi connectivity index (χ1v) is 12.7. The number of amides is 2. The second-order valence-corrected chi connectivity index (χ2v) is 9.47. The number of hydrogen-bond acceptors (Lipinski definition) is 5. The Kier molecular flexibility index (Phi) is 8.79. The molecule has 1 saturated heterocycles. The van der Waals surface area contributed by atoms with E-state index in [0.717, 1.165) is 11.3 Å². The fourth-order valence-corrected chi connectivity index (χ4v) is 4.81. The maximum absolute atomic E-state index is 12.8. The maximum atomic E-state index is 12.8. The van der Waals surface area contributed by atoms with Gasteiger partial charge in [0.1, 0.15) is 11.5 Å². The summed E-state index contributed by atoms with van der Waals surface area (Å²) < 4.78 is 10.6. The average Bonchev–Trinajstić information content (AvgIpc) is 2.93. The van der Waals surface area contributed by atoms with Crippen molar-refractivity contribution in [1.29, 1.82) is 0 Å². The van der Waals surface area contributed by atoms with Gasteiger partial charge in [0.25, 0.3) is 5.91 Å². The maximum Gasteiger partial charge on any atom is 0.251 e. The van der Waals surface area contributed by atoms with Crippen LogP contribution in [0.5, 0.6) is 11.5 Å². The molecule has 1 aliphatic heterocycles. The highest BCUT2D eigenvalue weighted by molar-refractivity contribution is 6.36. The SMILES string of the molecule is COc1ccc(CNC(=O)c2ccc(N3CCN(C(=O)Cc4c(Cl)cccc4Cl)CC3)cc2)c(OC)c1. The number of nitrogens with one attached hydrogen (secondary N) is 1. The molecule has 0 saturated carbocycles. The number of piperazine rings is 1. The first-order chi connectivity index (χ1) is 17.9. The van der Waals surface area contributed by atoms with Crippen LogP contribution in [-0.4, -0.2) is 57.1 Å². The lowest BCUT2D eigenvalue weighted by Crippen LogP contribution is -2.49. The molecule has 2 amide bonds. The molecular formula is C28H29Cl2N3O4. The van der Waals surface area contributed by atoms with Crippen LogP contribution in [0.2, 0.25) is 10.0 Å². The van der Waals surface area contributed by atoms with Gasteiger partial charge in [0.2, 0.25) is 5.91 Å². The molecule has 0 aliphatic carbocycles. The number of halogens is 2. The molecule has 1 N–H and O–H groups in total. The van der Waals surface area contributed by atoms with Crippen molar-refractivity contribution in [2.24, 2.45) is 0 Å². The van der Waals surface area contributed by atoms with E-state index in [-0.39, 0.29) is 18.2 Å². The summed E-state index contributed by atoms with van der Waals surface area (Å²) in [4.78, 5) is 29.5. The number of methoxy groups -OCH3 is 2. The summed E-state index contributed by atoms with van der Waals surface area (Å²) in [5.41, 5.74) is 3.10. The molecule has 9 heteroatoms. The van der Waals surface area contributed by atoms with Crippen LogP contribution in [0.4, 0.5) is 5.69 Å². The lowest BCUT2D eigenvalue weighted by Gasteiger charge is -2.36. The predicted molar refractivity (Wildman–Crippen MR) is 146 cm³/mol. The molecule has 1 heterocycles. The van der Waals surface area contributed by atoms with E-state index in [9.17, 15) is 9.59 Å². The van der Waals surface area contributed by atoms with Crippen LogP contribution in [0.15, 0.2) is 60.7 Å². The number of ether oxygens (including phenoxy) is 2. The van der Waals surface area contributed by atoms with E-state index >= 15 is 0 Å². The molecule has 0 radical (unpaired) electrons. The quantitative estimate of drug-likeness (QED) is 0.442. The van der Waals surface area contributed by atoms with Crippen LogP contribution >= 0.6 is 23.2 Å². The summed E-state index contributed by atoms with van der Waals surface area (Å²) in [6, 6.07) is 18.2. The normalized spacial score (nSPS) is 13.3.